The van der Waals surface area contributed by atoms with E-state index in [-0.39, 0.29) is 0 Å². The second-order valence-electron chi connectivity index (χ2n) is 4.68. The topological polar surface area (TPSA) is 59.3 Å². The van der Waals surface area contributed by atoms with E-state index in [1.807, 2.05) is 16.9 Å². The molecule has 1 unspecified atom stereocenters. The minimum Gasteiger partial charge on any atom is -0.386 e. The van der Waals surface area contributed by atoms with Crippen LogP contribution < -0.4 is 5.32 Å². The molecule has 1 atom stereocenters. The molecular weight excluding hydrogens is 218 g/mol. The van der Waals surface area contributed by atoms with Crippen molar-refractivity contribution in [3.05, 3.63) is 18.0 Å². The van der Waals surface area contributed by atoms with E-state index < -0.39 is 5.60 Å². The molecule has 1 saturated heterocycles. The van der Waals surface area contributed by atoms with Crippen molar-refractivity contribution in [2.24, 2.45) is 0 Å². The Bertz CT molecular complexity index is 345. The molecule has 0 radical (unpaired) electrons. The van der Waals surface area contributed by atoms with Crippen molar-refractivity contribution >= 4 is 0 Å². The Labute approximate surface area is 102 Å². The van der Waals surface area contributed by atoms with Crippen molar-refractivity contribution in [1.29, 1.82) is 0 Å². The third-order valence-corrected chi connectivity index (χ3v) is 3.08. The van der Waals surface area contributed by atoms with Crippen molar-refractivity contribution < 1.29 is 9.84 Å². The average molecular weight is 239 g/mol. The van der Waals surface area contributed by atoms with Gasteiger partial charge in [-0.05, 0) is 12.5 Å². The monoisotopic (exact) mass is 239 g/mol. The van der Waals surface area contributed by atoms with Crippen LogP contribution in [-0.2, 0) is 17.8 Å². The van der Waals surface area contributed by atoms with Gasteiger partial charge in [0.25, 0.3) is 0 Å². The Morgan fingerprint density at radius 3 is 3.24 bits per heavy atom. The Kier molecular flexibility index (Phi) is 4.15. The molecule has 96 valence electrons. The molecule has 2 N–H and O–H groups in total. The zero-order valence-electron chi connectivity index (χ0n) is 10.4. The summed E-state index contributed by atoms with van der Waals surface area (Å²) in [6, 6.07) is 2.01. The van der Waals surface area contributed by atoms with Gasteiger partial charge < -0.3 is 15.2 Å². The zero-order valence-corrected chi connectivity index (χ0v) is 10.4. The van der Waals surface area contributed by atoms with Crippen LogP contribution in [-0.4, -0.2) is 40.2 Å². The largest absolute Gasteiger partial charge is 0.386 e. The molecule has 1 aliphatic rings. The van der Waals surface area contributed by atoms with Crippen LogP contribution in [0.1, 0.15) is 25.5 Å². The number of rotatable bonds is 6. The molecule has 0 saturated carbocycles. The molecule has 17 heavy (non-hydrogen) atoms. The van der Waals surface area contributed by atoms with Crippen LogP contribution in [0.5, 0.6) is 0 Å². The summed E-state index contributed by atoms with van der Waals surface area (Å²) in [5.74, 6) is 0. The van der Waals surface area contributed by atoms with Gasteiger partial charge in [-0.2, -0.15) is 5.10 Å². The van der Waals surface area contributed by atoms with E-state index in [2.05, 4.69) is 17.3 Å². The first-order chi connectivity index (χ1) is 8.23. The Hall–Kier alpha value is -0.910. The van der Waals surface area contributed by atoms with Crippen LogP contribution >= 0.6 is 0 Å². The van der Waals surface area contributed by atoms with Crippen LogP contribution in [0.3, 0.4) is 0 Å². The predicted molar refractivity (Wildman–Crippen MR) is 64.6 cm³/mol. The van der Waals surface area contributed by atoms with Crippen LogP contribution in [0.25, 0.3) is 0 Å². The van der Waals surface area contributed by atoms with E-state index in [9.17, 15) is 5.11 Å². The second kappa shape index (κ2) is 5.62. The molecule has 0 spiro atoms. The smallest absolute Gasteiger partial charge is 0.103 e. The normalized spacial score (nSPS) is 24.4. The number of hydrogen-bond acceptors (Lipinski definition) is 4. The van der Waals surface area contributed by atoms with Gasteiger partial charge in [-0.3, -0.25) is 4.68 Å². The number of nitrogens with one attached hydrogen (secondary N) is 1. The molecular formula is C12H21N3O2. The highest BCUT2D eigenvalue weighted by molar-refractivity contribution is 5.00. The zero-order chi connectivity index (χ0) is 12.1. The van der Waals surface area contributed by atoms with Gasteiger partial charge in [0.15, 0.2) is 0 Å². The van der Waals surface area contributed by atoms with Crippen molar-refractivity contribution in [3.63, 3.8) is 0 Å². The molecule has 0 bridgehead atoms. The molecule has 1 aromatic heterocycles. The number of nitrogens with zero attached hydrogens (tertiary/aromatic N) is 2. The summed E-state index contributed by atoms with van der Waals surface area (Å²) in [5, 5.41) is 17.6. The summed E-state index contributed by atoms with van der Waals surface area (Å²) in [6.45, 7) is 5.49. The molecule has 0 amide bonds. The highest BCUT2D eigenvalue weighted by Gasteiger charge is 2.31. The van der Waals surface area contributed by atoms with Crippen LogP contribution in [0.4, 0.5) is 0 Å². The lowest BCUT2D eigenvalue weighted by Crippen LogP contribution is -2.41. The van der Waals surface area contributed by atoms with E-state index in [0.717, 1.165) is 25.2 Å². The number of hydrogen-bond donors (Lipinski definition) is 2. The fourth-order valence-electron chi connectivity index (χ4n) is 2.08. The number of ether oxygens (including phenoxy) is 1. The van der Waals surface area contributed by atoms with Gasteiger partial charge in [-0.15, -0.1) is 0 Å². The molecule has 1 aliphatic heterocycles. The van der Waals surface area contributed by atoms with Crippen LogP contribution in [0, 0.1) is 0 Å². The molecule has 5 nitrogen and oxygen atoms in total. The fraction of sp³-hybridized carbons (Fsp3) is 0.750. The molecule has 0 aliphatic carbocycles. The first-order valence-corrected chi connectivity index (χ1v) is 6.25. The van der Waals surface area contributed by atoms with Gasteiger partial charge in [-0.25, -0.2) is 0 Å². The fourth-order valence-corrected chi connectivity index (χ4v) is 2.08. The molecule has 2 rings (SSSR count). The average Bonchev–Trinajstić information content (AvgIpc) is 2.90. The van der Waals surface area contributed by atoms with E-state index in [0.29, 0.717) is 26.2 Å². The minimum absolute atomic E-state index is 0.439. The standard InChI is InChI=1S/C12H21N3O2/c1-2-6-15-11(3-5-14-15)8-13-9-12(16)4-7-17-10-12/h3,5,13,16H,2,4,6-10H2,1H3. The second-order valence-corrected chi connectivity index (χ2v) is 4.68. The van der Waals surface area contributed by atoms with E-state index in [4.69, 9.17) is 4.74 Å². The van der Waals surface area contributed by atoms with E-state index in [1.54, 1.807) is 0 Å². The van der Waals surface area contributed by atoms with Crippen LogP contribution in [0.2, 0.25) is 0 Å². The predicted octanol–water partition coefficient (Wildman–Crippen LogP) is 0.534. The van der Waals surface area contributed by atoms with E-state index >= 15 is 0 Å². The Morgan fingerprint density at radius 2 is 2.53 bits per heavy atom. The maximum absolute atomic E-state index is 10.1. The van der Waals surface area contributed by atoms with Crippen LogP contribution in [0.15, 0.2) is 12.3 Å². The lowest BCUT2D eigenvalue weighted by Gasteiger charge is -2.20. The maximum atomic E-state index is 10.1. The summed E-state index contributed by atoms with van der Waals surface area (Å²) in [6.07, 6.45) is 3.61. The summed E-state index contributed by atoms with van der Waals surface area (Å²) in [4.78, 5) is 0. The first kappa shape index (κ1) is 12.5. The lowest BCUT2D eigenvalue weighted by molar-refractivity contribution is 0.0267. The third kappa shape index (κ3) is 3.28. The first-order valence-electron chi connectivity index (χ1n) is 6.25. The summed E-state index contributed by atoms with van der Waals surface area (Å²) >= 11 is 0. The van der Waals surface area contributed by atoms with E-state index in [1.165, 1.54) is 0 Å². The number of aromatic nitrogens is 2. The highest BCUT2D eigenvalue weighted by Crippen LogP contribution is 2.17. The quantitative estimate of drug-likeness (QED) is 0.760. The van der Waals surface area contributed by atoms with Gasteiger partial charge in [0.2, 0.25) is 0 Å². The molecule has 0 aromatic carbocycles. The SMILES string of the molecule is CCCn1nccc1CNCC1(O)CCOC1. The lowest BCUT2D eigenvalue weighted by atomic mass is 10.0. The minimum atomic E-state index is -0.685. The Morgan fingerprint density at radius 1 is 1.65 bits per heavy atom. The van der Waals surface area contributed by atoms with Gasteiger partial charge in [0.1, 0.15) is 5.60 Å². The van der Waals surface area contributed by atoms with Gasteiger partial charge in [0, 0.05) is 38.9 Å². The van der Waals surface area contributed by atoms with Crippen molar-refractivity contribution in [3.8, 4) is 0 Å². The van der Waals surface area contributed by atoms with Gasteiger partial charge >= 0.3 is 0 Å². The summed E-state index contributed by atoms with van der Waals surface area (Å²) in [7, 11) is 0. The highest BCUT2D eigenvalue weighted by atomic mass is 16.5. The maximum Gasteiger partial charge on any atom is 0.103 e. The number of aryl methyl sites for hydroxylation is 1. The summed E-state index contributed by atoms with van der Waals surface area (Å²) in [5.41, 5.74) is 0.477. The number of aliphatic hydroxyl groups is 1. The van der Waals surface area contributed by atoms with Crippen molar-refractivity contribution in [2.75, 3.05) is 19.8 Å². The van der Waals surface area contributed by atoms with Gasteiger partial charge in [0.05, 0.1) is 12.3 Å². The molecule has 5 heteroatoms. The van der Waals surface area contributed by atoms with Gasteiger partial charge in [-0.1, -0.05) is 6.92 Å². The molecule has 2 heterocycles. The third-order valence-electron chi connectivity index (χ3n) is 3.08. The molecule has 1 fully saturated rings. The summed E-state index contributed by atoms with van der Waals surface area (Å²) < 4.78 is 7.20. The molecule has 1 aromatic rings. The van der Waals surface area contributed by atoms with Crippen molar-refractivity contribution in [1.82, 2.24) is 15.1 Å². The van der Waals surface area contributed by atoms with Crippen molar-refractivity contribution in [2.45, 2.75) is 38.5 Å². The Balaban J connectivity index is 1.79.